The van der Waals surface area contributed by atoms with Crippen molar-refractivity contribution < 1.29 is 13.2 Å². The first kappa shape index (κ1) is 23.7. The van der Waals surface area contributed by atoms with E-state index in [0.717, 1.165) is 40.7 Å². The third kappa shape index (κ3) is 5.47. The Balaban J connectivity index is 1.32. The number of piperidine rings is 1. The van der Waals surface area contributed by atoms with Gasteiger partial charge in [-0.25, -0.2) is 13.4 Å². The number of imidazole rings is 1. The van der Waals surface area contributed by atoms with Crippen LogP contribution in [0, 0.1) is 0 Å². The highest BCUT2D eigenvalue weighted by atomic mass is 32.2. The summed E-state index contributed by atoms with van der Waals surface area (Å²) in [6.07, 6.45) is 3.56. The number of benzene rings is 2. The number of amides is 1. The smallest absolute Gasteiger partial charge is 0.252 e. The SMILES string of the molecule is O=C(Cc1ccc(S(=O)(=O)N2CCCCC2)s1)NC(Cc1ccccc1)c1nc2ccccc2[nH]1. The third-order valence-corrected chi connectivity index (χ3v) is 9.69. The molecule has 182 valence electrons. The lowest BCUT2D eigenvalue weighted by atomic mass is 10.1. The summed E-state index contributed by atoms with van der Waals surface area (Å²) in [6, 6.07) is 20.8. The van der Waals surface area contributed by atoms with Crippen molar-refractivity contribution in [1.82, 2.24) is 19.6 Å². The summed E-state index contributed by atoms with van der Waals surface area (Å²) in [5.74, 6) is 0.526. The standard InChI is InChI=1S/C26H28N4O3S2/c31-24(18-20-13-14-25(34-20)35(32,33)30-15-7-2-8-16-30)27-23(17-19-9-3-1-4-10-19)26-28-21-11-5-6-12-22(21)29-26/h1,3-6,9-14,23H,2,7-8,15-18H2,(H,27,31)(H,28,29). The van der Waals surface area contributed by atoms with Crippen LogP contribution in [0.3, 0.4) is 0 Å². The molecule has 2 aromatic carbocycles. The number of sulfonamides is 1. The first-order chi connectivity index (χ1) is 17.0. The van der Waals surface area contributed by atoms with Gasteiger partial charge in [-0.1, -0.05) is 48.9 Å². The number of aromatic nitrogens is 2. The van der Waals surface area contributed by atoms with Gasteiger partial charge in [0.25, 0.3) is 10.0 Å². The summed E-state index contributed by atoms with van der Waals surface area (Å²) in [5, 5.41) is 3.12. The monoisotopic (exact) mass is 508 g/mol. The number of thiophene rings is 1. The highest BCUT2D eigenvalue weighted by Gasteiger charge is 2.28. The van der Waals surface area contributed by atoms with Crippen molar-refractivity contribution in [3.8, 4) is 0 Å². The molecule has 35 heavy (non-hydrogen) atoms. The molecule has 7 nitrogen and oxygen atoms in total. The number of para-hydroxylation sites is 2. The summed E-state index contributed by atoms with van der Waals surface area (Å²) in [6.45, 7) is 1.13. The van der Waals surface area contributed by atoms with E-state index in [4.69, 9.17) is 4.98 Å². The van der Waals surface area contributed by atoms with Gasteiger partial charge in [0.2, 0.25) is 5.91 Å². The predicted molar refractivity (Wildman–Crippen MR) is 138 cm³/mol. The molecule has 2 aromatic heterocycles. The van der Waals surface area contributed by atoms with Crippen LogP contribution in [0.4, 0.5) is 0 Å². The van der Waals surface area contributed by atoms with E-state index in [0.29, 0.717) is 29.5 Å². The number of fused-ring (bicyclic) bond motifs is 1. The maximum atomic E-state index is 13.1. The summed E-state index contributed by atoms with van der Waals surface area (Å²) < 4.78 is 27.8. The molecule has 1 amide bonds. The van der Waals surface area contributed by atoms with Crippen LogP contribution in [-0.2, 0) is 27.7 Å². The summed E-state index contributed by atoms with van der Waals surface area (Å²) in [4.78, 5) is 21.8. The van der Waals surface area contributed by atoms with Gasteiger partial charge in [-0.2, -0.15) is 4.31 Å². The Labute approximate surface area is 209 Å². The first-order valence-corrected chi connectivity index (χ1v) is 14.1. The number of rotatable bonds is 8. The highest BCUT2D eigenvalue weighted by Crippen LogP contribution is 2.28. The summed E-state index contributed by atoms with van der Waals surface area (Å²) in [7, 11) is -3.49. The molecular formula is C26H28N4O3S2. The van der Waals surface area contributed by atoms with Gasteiger partial charge in [0, 0.05) is 18.0 Å². The quantitative estimate of drug-likeness (QED) is 0.368. The molecule has 1 atom stereocenters. The molecule has 0 saturated carbocycles. The minimum atomic E-state index is -3.49. The van der Waals surface area contributed by atoms with Crippen LogP contribution in [0.5, 0.6) is 0 Å². The van der Waals surface area contributed by atoms with Crippen molar-refractivity contribution in [3.63, 3.8) is 0 Å². The second-order valence-corrected chi connectivity index (χ2v) is 12.1. The van der Waals surface area contributed by atoms with E-state index in [9.17, 15) is 13.2 Å². The van der Waals surface area contributed by atoms with Gasteiger partial charge in [0.05, 0.1) is 23.5 Å². The van der Waals surface area contributed by atoms with E-state index in [1.54, 1.807) is 16.4 Å². The number of aromatic amines is 1. The largest absolute Gasteiger partial charge is 0.345 e. The van der Waals surface area contributed by atoms with Crippen LogP contribution >= 0.6 is 11.3 Å². The van der Waals surface area contributed by atoms with Crippen molar-refractivity contribution >= 4 is 38.3 Å². The number of carbonyl (C=O) groups is 1. The molecular weight excluding hydrogens is 480 g/mol. The third-order valence-electron chi connectivity index (χ3n) is 6.24. The fourth-order valence-electron chi connectivity index (χ4n) is 4.43. The maximum absolute atomic E-state index is 13.1. The van der Waals surface area contributed by atoms with Crippen LogP contribution in [0.25, 0.3) is 11.0 Å². The number of hydrogen-bond donors (Lipinski definition) is 2. The van der Waals surface area contributed by atoms with Crippen LogP contribution < -0.4 is 5.32 Å². The molecule has 1 unspecified atom stereocenters. The molecule has 1 aliphatic heterocycles. The fraction of sp³-hybridized carbons (Fsp3) is 0.308. The topological polar surface area (TPSA) is 95.2 Å². The van der Waals surface area contributed by atoms with E-state index in [1.807, 2.05) is 54.6 Å². The number of carbonyl (C=O) groups excluding carboxylic acids is 1. The zero-order valence-corrected chi connectivity index (χ0v) is 20.9. The predicted octanol–water partition coefficient (Wildman–Crippen LogP) is 4.44. The number of nitrogens with zero attached hydrogens (tertiary/aromatic N) is 2. The van der Waals surface area contributed by atoms with Crippen molar-refractivity contribution in [2.75, 3.05) is 13.1 Å². The molecule has 0 bridgehead atoms. The Morgan fingerprint density at radius 3 is 2.51 bits per heavy atom. The molecule has 1 saturated heterocycles. The second-order valence-electron chi connectivity index (χ2n) is 8.81. The average molecular weight is 509 g/mol. The van der Waals surface area contributed by atoms with Crippen LogP contribution in [-0.4, -0.2) is 41.7 Å². The molecule has 0 aliphatic carbocycles. The van der Waals surface area contributed by atoms with Crippen molar-refractivity contribution in [3.05, 3.63) is 83.0 Å². The van der Waals surface area contributed by atoms with Crippen molar-refractivity contribution in [1.29, 1.82) is 0 Å². The average Bonchev–Trinajstić information content (AvgIpc) is 3.52. The highest BCUT2D eigenvalue weighted by molar-refractivity contribution is 7.91. The van der Waals surface area contributed by atoms with E-state index < -0.39 is 10.0 Å². The molecule has 2 N–H and O–H groups in total. The molecule has 3 heterocycles. The number of hydrogen-bond acceptors (Lipinski definition) is 5. The lowest BCUT2D eigenvalue weighted by molar-refractivity contribution is -0.121. The Hall–Kier alpha value is -3.01. The molecule has 4 aromatic rings. The van der Waals surface area contributed by atoms with Gasteiger partial charge in [-0.3, -0.25) is 4.79 Å². The molecule has 1 fully saturated rings. The van der Waals surface area contributed by atoms with Gasteiger partial charge in [-0.15, -0.1) is 11.3 Å². The molecule has 9 heteroatoms. The van der Waals surface area contributed by atoms with Crippen molar-refractivity contribution in [2.45, 2.75) is 42.4 Å². The second kappa shape index (κ2) is 10.3. The maximum Gasteiger partial charge on any atom is 0.252 e. The Kier molecular flexibility index (Phi) is 6.99. The molecule has 0 spiro atoms. The van der Waals surface area contributed by atoms with E-state index >= 15 is 0 Å². The molecule has 0 radical (unpaired) electrons. The van der Waals surface area contributed by atoms with Gasteiger partial charge >= 0.3 is 0 Å². The fourth-order valence-corrected chi connectivity index (χ4v) is 7.46. The van der Waals surface area contributed by atoms with Crippen molar-refractivity contribution in [2.24, 2.45) is 0 Å². The van der Waals surface area contributed by atoms with Gasteiger partial charge < -0.3 is 10.3 Å². The van der Waals surface area contributed by atoms with Gasteiger partial charge in [-0.05, 0) is 49.1 Å². The van der Waals surface area contributed by atoms with E-state index in [2.05, 4.69) is 10.3 Å². The zero-order valence-electron chi connectivity index (χ0n) is 19.3. The lowest BCUT2D eigenvalue weighted by Crippen LogP contribution is -2.35. The van der Waals surface area contributed by atoms with Crippen LogP contribution in [0.2, 0.25) is 0 Å². The van der Waals surface area contributed by atoms with Crippen LogP contribution in [0.1, 0.15) is 41.6 Å². The Bertz CT molecular complexity index is 1370. The zero-order chi connectivity index (χ0) is 24.3. The number of nitrogens with one attached hydrogen (secondary N) is 2. The Morgan fingerprint density at radius 2 is 1.74 bits per heavy atom. The van der Waals surface area contributed by atoms with Crippen LogP contribution in [0.15, 0.2) is 70.9 Å². The molecule has 1 aliphatic rings. The van der Waals surface area contributed by atoms with E-state index in [1.165, 1.54) is 11.3 Å². The number of H-pyrrole nitrogens is 1. The molecule has 5 rings (SSSR count). The first-order valence-electron chi connectivity index (χ1n) is 11.9. The Morgan fingerprint density at radius 1 is 1.00 bits per heavy atom. The van der Waals surface area contributed by atoms with E-state index in [-0.39, 0.29) is 18.4 Å². The lowest BCUT2D eigenvalue weighted by Gasteiger charge is -2.25. The summed E-state index contributed by atoms with van der Waals surface area (Å²) >= 11 is 1.18. The van der Waals surface area contributed by atoms with Gasteiger partial charge in [0.1, 0.15) is 10.0 Å². The summed E-state index contributed by atoms with van der Waals surface area (Å²) in [5.41, 5.74) is 2.85. The van der Waals surface area contributed by atoms with Gasteiger partial charge in [0.15, 0.2) is 0 Å². The minimum absolute atomic E-state index is 0.117. The normalized spacial score (nSPS) is 15.8. The minimum Gasteiger partial charge on any atom is -0.345 e.